The molecule has 1 heterocycles. The first-order valence-corrected chi connectivity index (χ1v) is 4.79. The minimum Gasteiger partial charge on any atom is -0.256 e. The number of rotatable bonds is 2. The van der Waals surface area contributed by atoms with Crippen LogP contribution in [0.25, 0.3) is 10.9 Å². The molecule has 1 aromatic carbocycles. The highest BCUT2D eigenvalue weighted by Crippen LogP contribution is 2.23. The number of pyridine rings is 1. The van der Waals surface area contributed by atoms with E-state index in [0.29, 0.717) is 5.92 Å². The summed E-state index contributed by atoms with van der Waals surface area (Å²) in [5.74, 6) is 0.355. The van der Waals surface area contributed by atoms with Crippen molar-refractivity contribution in [2.75, 3.05) is 0 Å². The molecule has 0 amide bonds. The minimum absolute atomic E-state index is 0.355. The Hall–Kier alpha value is -1.63. The molecule has 0 radical (unpaired) electrons. The van der Waals surface area contributed by atoms with Gasteiger partial charge in [0.25, 0.3) is 0 Å². The van der Waals surface area contributed by atoms with Crippen molar-refractivity contribution in [2.45, 2.75) is 12.8 Å². The Morgan fingerprint density at radius 2 is 2.07 bits per heavy atom. The van der Waals surface area contributed by atoms with E-state index in [-0.39, 0.29) is 0 Å². The van der Waals surface area contributed by atoms with E-state index < -0.39 is 0 Å². The Kier molecular flexibility index (Phi) is 2.32. The third-order valence-electron chi connectivity index (χ3n) is 2.51. The maximum Gasteiger partial charge on any atom is 0.0739 e. The van der Waals surface area contributed by atoms with Crippen molar-refractivity contribution in [1.82, 2.24) is 4.98 Å². The van der Waals surface area contributed by atoms with Crippen LogP contribution in [0.3, 0.4) is 0 Å². The minimum atomic E-state index is 0.355. The van der Waals surface area contributed by atoms with Gasteiger partial charge in [0, 0.05) is 17.5 Å². The quantitative estimate of drug-likeness (QED) is 0.649. The van der Waals surface area contributed by atoms with Crippen molar-refractivity contribution in [2.24, 2.45) is 0 Å². The lowest BCUT2D eigenvalue weighted by molar-refractivity contribution is 0.978. The summed E-state index contributed by atoms with van der Waals surface area (Å²) in [5.41, 5.74) is 2.33. The van der Waals surface area contributed by atoms with Crippen LogP contribution >= 0.6 is 0 Å². The highest BCUT2D eigenvalue weighted by atomic mass is 14.6. The first-order valence-electron chi connectivity index (χ1n) is 4.79. The fourth-order valence-electron chi connectivity index (χ4n) is 1.62. The van der Waals surface area contributed by atoms with Crippen LogP contribution in [0.5, 0.6) is 0 Å². The molecule has 0 saturated heterocycles. The molecule has 1 nitrogen and oxygen atoms in total. The summed E-state index contributed by atoms with van der Waals surface area (Å²) in [4.78, 5) is 4.40. The van der Waals surface area contributed by atoms with Crippen LogP contribution in [0.15, 0.2) is 49.2 Å². The number of hydrogen-bond donors (Lipinski definition) is 0. The van der Waals surface area contributed by atoms with Crippen molar-refractivity contribution in [1.29, 1.82) is 0 Å². The molecule has 0 N–H and O–H groups in total. The van der Waals surface area contributed by atoms with Gasteiger partial charge in [-0.05, 0) is 11.6 Å². The molecular weight excluding hydrogens is 170 g/mol. The van der Waals surface area contributed by atoms with Crippen LogP contribution in [-0.4, -0.2) is 4.98 Å². The van der Waals surface area contributed by atoms with Crippen LogP contribution in [0.1, 0.15) is 18.4 Å². The third kappa shape index (κ3) is 1.41. The Morgan fingerprint density at radius 3 is 2.86 bits per heavy atom. The molecule has 0 spiro atoms. The van der Waals surface area contributed by atoms with Crippen LogP contribution < -0.4 is 0 Å². The lowest BCUT2D eigenvalue weighted by Crippen LogP contribution is -1.91. The fraction of sp³-hybridized carbons (Fsp3) is 0.154. The van der Waals surface area contributed by atoms with E-state index in [9.17, 15) is 0 Å². The number of nitrogens with zero attached hydrogens (tertiary/aromatic N) is 1. The Labute approximate surface area is 84.1 Å². The Morgan fingerprint density at radius 1 is 1.29 bits per heavy atom. The molecule has 0 aliphatic heterocycles. The summed E-state index contributed by atoms with van der Waals surface area (Å²) >= 11 is 0. The number of para-hydroxylation sites is 1. The van der Waals surface area contributed by atoms with Gasteiger partial charge in [-0.3, -0.25) is 4.98 Å². The Bertz CT molecular complexity index is 454. The van der Waals surface area contributed by atoms with Crippen LogP contribution in [0.2, 0.25) is 0 Å². The number of aromatic nitrogens is 1. The van der Waals surface area contributed by atoms with Crippen molar-refractivity contribution >= 4 is 10.9 Å². The SMILES string of the molecule is C=CC(C)c1cccc2cccnc12. The van der Waals surface area contributed by atoms with E-state index in [1.54, 1.807) is 0 Å². The molecule has 2 aromatic rings. The average molecular weight is 183 g/mol. The maximum atomic E-state index is 4.40. The van der Waals surface area contributed by atoms with Gasteiger partial charge in [0.05, 0.1) is 5.52 Å². The second-order valence-corrected chi connectivity index (χ2v) is 3.45. The van der Waals surface area contributed by atoms with Crippen LogP contribution in [0.4, 0.5) is 0 Å². The van der Waals surface area contributed by atoms with Gasteiger partial charge in [0.1, 0.15) is 0 Å². The van der Waals surface area contributed by atoms with E-state index in [0.717, 1.165) is 5.52 Å². The predicted molar refractivity (Wildman–Crippen MR) is 60.4 cm³/mol. The average Bonchev–Trinajstić information content (AvgIpc) is 2.27. The van der Waals surface area contributed by atoms with Gasteiger partial charge in [-0.25, -0.2) is 0 Å². The van der Waals surface area contributed by atoms with Crippen LogP contribution in [-0.2, 0) is 0 Å². The van der Waals surface area contributed by atoms with E-state index in [1.165, 1.54) is 10.9 Å². The number of allylic oxidation sites excluding steroid dienone is 1. The van der Waals surface area contributed by atoms with Crippen molar-refractivity contribution in [3.05, 3.63) is 54.7 Å². The second-order valence-electron chi connectivity index (χ2n) is 3.45. The second kappa shape index (κ2) is 3.62. The number of hydrogen-bond acceptors (Lipinski definition) is 1. The summed E-state index contributed by atoms with van der Waals surface area (Å²) in [7, 11) is 0. The fourth-order valence-corrected chi connectivity index (χ4v) is 1.62. The normalized spacial score (nSPS) is 12.6. The molecule has 2 rings (SSSR count). The number of benzene rings is 1. The zero-order valence-electron chi connectivity index (χ0n) is 8.27. The van der Waals surface area contributed by atoms with E-state index in [1.807, 2.05) is 18.3 Å². The van der Waals surface area contributed by atoms with Gasteiger partial charge in [0.15, 0.2) is 0 Å². The summed E-state index contributed by atoms with van der Waals surface area (Å²) in [6, 6.07) is 10.3. The third-order valence-corrected chi connectivity index (χ3v) is 2.51. The van der Waals surface area contributed by atoms with Crippen LogP contribution in [0, 0.1) is 0 Å². The van der Waals surface area contributed by atoms with Crippen molar-refractivity contribution < 1.29 is 0 Å². The first-order chi connectivity index (χ1) is 6.83. The molecule has 0 bridgehead atoms. The zero-order valence-corrected chi connectivity index (χ0v) is 8.27. The zero-order chi connectivity index (χ0) is 9.97. The van der Waals surface area contributed by atoms with Crippen molar-refractivity contribution in [3.8, 4) is 0 Å². The summed E-state index contributed by atoms with van der Waals surface area (Å²) < 4.78 is 0. The Balaban J connectivity index is 2.70. The molecule has 0 aliphatic carbocycles. The smallest absolute Gasteiger partial charge is 0.0739 e. The van der Waals surface area contributed by atoms with Gasteiger partial charge in [-0.2, -0.15) is 0 Å². The van der Waals surface area contributed by atoms with Gasteiger partial charge >= 0.3 is 0 Å². The summed E-state index contributed by atoms with van der Waals surface area (Å²) in [5, 5.41) is 1.19. The first kappa shape index (κ1) is 8.95. The van der Waals surface area contributed by atoms with E-state index in [4.69, 9.17) is 0 Å². The topological polar surface area (TPSA) is 12.9 Å². The number of fused-ring (bicyclic) bond motifs is 1. The maximum absolute atomic E-state index is 4.40. The predicted octanol–water partition coefficient (Wildman–Crippen LogP) is 3.52. The van der Waals surface area contributed by atoms with Crippen molar-refractivity contribution in [3.63, 3.8) is 0 Å². The standard InChI is InChI=1S/C13H13N/c1-3-10(2)12-8-4-6-11-7-5-9-14-13(11)12/h3-10H,1H2,2H3. The highest BCUT2D eigenvalue weighted by Gasteiger charge is 2.05. The van der Waals surface area contributed by atoms with Gasteiger partial charge in [0.2, 0.25) is 0 Å². The largest absolute Gasteiger partial charge is 0.256 e. The molecule has 1 heteroatoms. The molecule has 14 heavy (non-hydrogen) atoms. The summed E-state index contributed by atoms with van der Waals surface area (Å²) in [6.07, 6.45) is 3.78. The molecule has 70 valence electrons. The van der Waals surface area contributed by atoms with E-state index >= 15 is 0 Å². The van der Waals surface area contributed by atoms with Gasteiger partial charge in [-0.15, -0.1) is 6.58 Å². The van der Waals surface area contributed by atoms with Gasteiger partial charge in [-0.1, -0.05) is 37.3 Å². The van der Waals surface area contributed by atoms with E-state index in [2.05, 4.69) is 42.8 Å². The molecule has 0 aliphatic rings. The molecule has 1 unspecified atom stereocenters. The molecule has 1 aromatic heterocycles. The molecule has 0 saturated carbocycles. The lowest BCUT2D eigenvalue weighted by Gasteiger charge is -2.08. The lowest BCUT2D eigenvalue weighted by atomic mass is 9.98. The highest BCUT2D eigenvalue weighted by molar-refractivity contribution is 5.82. The monoisotopic (exact) mass is 183 g/mol. The molecular formula is C13H13N. The molecule has 1 atom stereocenters. The summed E-state index contributed by atoms with van der Waals surface area (Å²) in [6.45, 7) is 5.95. The van der Waals surface area contributed by atoms with Gasteiger partial charge < -0.3 is 0 Å². The molecule has 0 fully saturated rings.